The van der Waals surface area contributed by atoms with Crippen LogP contribution in [0.5, 0.6) is 0 Å². The lowest BCUT2D eigenvalue weighted by Crippen LogP contribution is -2.56. The van der Waals surface area contributed by atoms with Crippen molar-refractivity contribution in [3.05, 3.63) is 35.9 Å². The molecule has 2 bridgehead atoms. The van der Waals surface area contributed by atoms with Crippen molar-refractivity contribution in [2.45, 2.75) is 85.8 Å². The fourth-order valence-corrected chi connectivity index (χ4v) is 9.88. The Hall–Kier alpha value is -1.58. The molecule has 0 aromatic heterocycles. The van der Waals surface area contributed by atoms with E-state index >= 15 is 0 Å². The number of amides is 3. The van der Waals surface area contributed by atoms with Crippen LogP contribution in [0.1, 0.15) is 57.9 Å². The fraction of sp³-hybridized carbons (Fsp3) is 0.667. The van der Waals surface area contributed by atoms with E-state index in [4.69, 9.17) is 0 Å². The van der Waals surface area contributed by atoms with Gasteiger partial charge in [-0.2, -0.15) is 0 Å². The maximum Gasteiger partial charge on any atom is 0.244 e. The highest BCUT2D eigenvalue weighted by atomic mass is 79.9. The molecule has 3 amide bonds. The molecule has 9 heteroatoms. The van der Waals surface area contributed by atoms with Gasteiger partial charge in [-0.25, -0.2) is 0 Å². The number of aliphatic hydroxyl groups excluding tert-OH is 1. The molecule has 3 saturated heterocycles. The Morgan fingerprint density at radius 3 is 2.67 bits per heavy atom. The topological polar surface area (TPSA) is 98.7 Å². The monoisotopic (exact) mass is 579 g/mol. The zero-order valence-electron chi connectivity index (χ0n) is 21.1. The third kappa shape index (κ3) is 5.20. The Bertz CT molecular complexity index is 950. The highest BCUT2D eigenvalue weighted by Gasteiger charge is 2.75. The van der Waals surface area contributed by atoms with E-state index in [-0.39, 0.29) is 40.4 Å². The largest absolute Gasteiger partial charge is 0.396 e. The standard InChI is InChI=1S/C27H38BrN3O4S/c1-3-10-17(2)30-25(34)23-27-15-19(28)22(36-27)20(24(33)29-16-18-11-6-4-7-12-18)21(27)26(35)31(23)13-8-5-9-14-32/h4,6-7,11-12,17,19-23,32H,3,5,8-10,13-16H2,1-2H3,(H,29,33)(H,30,34)/t17?,19?,20-,21-,22-,23?,27?/m0/s1. The summed E-state index contributed by atoms with van der Waals surface area (Å²) in [6, 6.07) is 9.19. The number of alkyl halides is 1. The van der Waals surface area contributed by atoms with Gasteiger partial charge in [0.25, 0.3) is 0 Å². The summed E-state index contributed by atoms with van der Waals surface area (Å²) in [7, 11) is 0. The molecule has 3 N–H and O–H groups in total. The van der Waals surface area contributed by atoms with Crippen molar-refractivity contribution in [3.63, 3.8) is 0 Å². The first-order valence-electron chi connectivity index (χ1n) is 13.2. The molecule has 3 aliphatic rings. The molecule has 7 nitrogen and oxygen atoms in total. The van der Waals surface area contributed by atoms with Crippen molar-refractivity contribution < 1.29 is 19.5 Å². The maximum atomic E-state index is 13.9. The lowest BCUT2D eigenvalue weighted by molar-refractivity contribution is -0.140. The number of rotatable bonds is 12. The smallest absolute Gasteiger partial charge is 0.244 e. The molecule has 1 spiro atoms. The highest BCUT2D eigenvalue weighted by Crippen LogP contribution is 2.67. The summed E-state index contributed by atoms with van der Waals surface area (Å²) in [4.78, 5) is 43.0. The molecule has 4 rings (SSSR count). The van der Waals surface area contributed by atoms with Gasteiger partial charge in [-0.15, -0.1) is 11.8 Å². The van der Waals surface area contributed by atoms with Crippen LogP contribution in [0.3, 0.4) is 0 Å². The van der Waals surface area contributed by atoms with Crippen molar-refractivity contribution in [1.82, 2.24) is 15.5 Å². The molecule has 7 atom stereocenters. The van der Waals surface area contributed by atoms with Crippen LogP contribution in [0.25, 0.3) is 0 Å². The molecule has 3 heterocycles. The van der Waals surface area contributed by atoms with E-state index in [1.165, 1.54) is 0 Å². The quantitative estimate of drug-likeness (QED) is 0.261. The fourth-order valence-electron chi connectivity index (χ4n) is 6.27. The first kappa shape index (κ1) is 27.5. The normalized spacial score (nSPS) is 31.4. The molecule has 36 heavy (non-hydrogen) atoms. The molecule has 3 aliphatic heterocycles. The van der Waals surface area contributed by atoms with Crippen LogP contribution in [0.15, 0.2) is 30.3 Å². The average molecular weight is 581 g/mol. The van der Waals surface area contributed by atoms with Crippen LogP contribution < -0.4 is 10.6 Å². The summed E-state index contributed by atoms with van der Waals surface area (Å²) in [5.74, 6) is -1.27. The third-order valence-corrected chi connectivity index (χ3v) is 11.0. The SMILES string of the molecule is CCCC(C)NC(=O)C1N(CCCCCO)C(=O)[C@@H]2[C@H](C(=O)NCc3ccccc3)[C@H]3SC12CC3Br. The summed E-state index contributed by atoms with van der Waals surface area (Å²) >= 11 is 5.48. The molecular formula is C27H38BrN3O4S. The van der Waals surface area contributed by atoms with Gasteiger partial charge in [-0.05, 0) is 44.6 Å². The van der Waals surface area contributed by atoms with E-state index in [0.29, 0.717) is 25.9 Å². The van der Waals surface area contributed by atoms with Crippen LogP contribution in [-0.2, 0) is 20.9 Å². The average Bonchev–Trinajstić information content (AvgIpc) is 3.44. The number of unbranched alkanes of at least 4 members (excludes halogenated alkanes) is 2. The second-order valence-electron chi connectivity index (χ2n) is 10.4. The number of thioether (sulfide) groups is 1. The molecule has 4 unspecified atom stereocenters. The van der Waals surface area contributed by atoms with E-state index in [1.807, 2.05) is 37.3 Å². The Kier molecular flexibility index (Phi) is 9.05. The zero-order chi connectivity index (χ0) is 25.9. The van der Waals surface area contributed by atoms with Gasteiger partial charge in [-0.1, -0.05) is 59.6 Å². The van der Waals surface area contributed by atoms with Crippen molar-refractivity contribution in [3.8, 4) is 0 Å². The molecule has 3 fully saturated rings. The van der Waals surface area contributed by atoms with E-state index in [0.717, 1.165) is 31.2 Å². The zero-order valence-corrected chi connectivity index (χ0v) is 23.5. The minimum Gasteiger partial charge on any atom is -0.396 e. The minimum atomic E-state index is -0.613. The summed E-state index contributed by atoms with van der Waals surface area (Å²) in [6.45, 7) is 5.09. The van der Waals surface area contributed by atoms with Gasteiger partial charge < -0.3 is 20.6 Å². The third-order valence-electron chi connectivity index (χ3n) is 7.82. The first-order valence-corrected chi connectivity index (χ1v) is 15.0. The number of nitrogens with zero attached hydrogens (tertiary/aromatic N) is 1. The van der Waals surface area contributed by atoms with E-state index in [9.17, 15) is 19.5 Å². The number of fused-ring (bicyclic) bond motifs is 1. The summed E-state index contributed by atoms with van der Waals surface area (Å²) in [5.41, 5.74) is 1.01. The van der Waals surface area contributed by atoms with Gasteiger partial charge in [0.2, 0.25) is 17.7 Å². The number of hydrogen-bond donors (Lipinski definition) is 3. The van der Waals surface area contributed by atoms with Crippen LogP contribution in [-0.4, -0.2) is 67.8 Å². The van der Waals surface area contributed by atoms with Crippen LogP contribution in [0.4, 0.5) is 0 Å². The van der Waals surface area contributed by atoms with Gasteiger partial charge in [0.1, 0.15) is 6.04 Å². The van der Waals surface area contributed by atoms with Crippen molar-refractivity contribution in [1.29, 1.82) is 0 Å². The molecule has 1 aromatic carbocycles. The van der Waals surface area contributed by atoms with Crippen LogP contribution in [0.2, 0.25) is 0 Å². The summed E-state index contributed by atoms with van der Waals surface area (Å²) in [5, 5.41) is 15.4. The Morgan fingerprint density at radius 1 is 1.22 bits per heavy atom. The number of carbonyl (C=O) groups excluding carboxylic acids is 3. The van der Waals surface area contributed by atoms with E-state index in [2.05, 4.69) is 33.5 Å². The van der Waals surface area contributed by atoms with Crippen molar-refractivity contribution >= 4 is 45.4 Å². The number of aliphatic hydroxyl groups is 1. The molecule has 0 aliphatic carbocycles. The number of likely N-dealkylation sites (tertiary alicyclic amines) is 1. The maximum absolute atomic E-state index is 13.9. The van der Waals surface area contributed by atoms with E-state index in [1.54, 1.807) is 16.7 Å². The first-order chi connectivity index (χ1) is 17.3. The summed E-state index contributed by atoms with van der Waals surface area (Å²) in [6.07, 6.45) is 4.71. The van der Waals surface area contributed by atoms with Crippen LogP contribution >= 0.6 is 27.7 Å². The lowest BCUT2D eigenvalue weighted by Gasteiger charge is -2.36. The Balaban J connectivity index is 1.59. The Labute approximate surface area is 226 Å². The van der Waals surface area contributed by atoms with Gasteiger partial charge in [0.05, 0.1) is 16.6 Å². The van der Waals surface area contributed by atoms with Gasteiger partial charge in [-0.3, -0.25) is 14.4 Å². The second-order valence-corrected chi connectivity index (χ2v) is 13.1. The number of benzene rings is 1. The lowest BCUT2D eigenvalue weighted by atomic mass is 9.70. The Morgan fingerprint density at radius 2 is 1.97 bits per heavy atom. The van der Waals surface area contributed by atoms with Crippen molar-refractivity contribution in [2.75, 3.05) is 13.2 Å². The molecule has 1 aromatic rings. The second kappa shape index (κ2) is 11.9. The number of halogens is 1. The van der Waals surface area contributed by atoms with Crippen molar-refractivity contribution in [2.24, 2.45) is 11.8 Å². The van der Waals surface area contributed by atoms with Gasteiger partial charge >= 0.3 is 0 Å². The number of hydrogen-bond acceptors (Lipinski definition) is 5. The number of nitrogens with one attached hydrogen (secondary N) is 2. The minimum absolute atomic E-state index is 0.0256. The van der Waals surface area contributed by atoms with Gasteiger partial charge in [0, 0.05) is 35.8 Å². The highest BCUT2D eigenvalue weighted by molar-refractivity contribution is 9.09. The molecular weight excluding hydrogens is 542 g/mol. The molecule has 0 saturated carbocycles. The predicted octanol–water partition coefficient (Wildman–Crippen LogP) is 3.23. The number of carbonyl (C=O) groups is 3. The van der Waals surface area contributed by atoms with Crippen LogP contribution in [0, 0.1) is 11.8 Å². The van der Waals surface area contributed by atoms with E-state index < -0.39 is 22.6 Å². The predicted molar refractivity (Wildman–Crippen MR) is 146 cm³/mol. The molecule has 198 valence electrons. The molecule has 0 radical (unpaired) electrons. The summed E-state index contributed by atoms with van der Waals surface area (Å²) < 4.78 is -0.613. The van der Waals surface area contributed by atoms with Gasteiger partial charge in [0.15, 0.2) is 0 Å².